The molecule has 0 spiro atoms. The molecule has 1 atom stereocenters. The summed E-state index contributed by atoms with van der Waals surface area (Å²) in [5.41, 5.74) is 6.95. The molecule has 132 valence electrons. The molecule has 0 fully saturated rings. The molecule has 0 nitrogen and oxygen atoms in total. The highest BCUT2D eigenvalue weighted by molar-refractivity contribution is 14.1. The maximum absolute atomic E-state index is 2.48. The first kappa shape index (κ1) is 17.7. The van der Waals surface area contributed by atoms with Crippen molar-refractivity contribution in [2.24, 2.45) is 0 Å². The minimum absolute atomic E-state index is 0.214. The van der Waals surface area contributed by atoms with Crippen molar-refractivity contribution in [2.45, 2.75) is 17.8 Å². The molecule has 1 unspecified atom stereocenters. The van der Waals surface area contributed by atoms with E-state index in [9.17, 15) is 0 Å². The number of fused-ring (bicyclic) bond motifs is 3. The van der Waals surface area contributed by atoms with Crippen molar-refractivity contribution in [1.29, 1.82) is 0 Å². The topological polar surface area (TPSA) is 0 Å². The van der Waals surface area contributed by atoms with Gasteiger partial charge in [-0.05, 0) is 97.6 Å². The molecule has 3 aromatic rings. The van der Waals surface area contributed by atoms with E-state index in [1.807, 2.05) is 0 Å². The molecule has 5 rings (SSSR count). The molecule has 2 aliphatic rings. The Bertz CT molecular complexity index is 1020. The second-order valence-electron chi connectivity index (χ2n) is 7.19. The Balaban J connectivity index is 1.94. The van der Waals surface area contributed by atoms with Crippen molar-refractivity contribution in [3.8, 4) is 0 Å². The molecule has 0 saturated carbocycles. The third-order valence-corrected chi connectivity index (χ3v) is 7.28. The number of hydrogen-bond donors (Lipinski definition) is 0. The number of rotatable bonds is 2. The Morgan fingerprint density at radius 3 is 2.04 bits per heavy atom. The van der Waals surface area contributed by atoms with E-state index in [0.717, 1.165) is 6.42 Å². The molecule has 0 heterocycles. The molecule has 0 bridgehead atoms. The molecule has 2 heteroatoms. The molecule has 3 aromatic carbocycles. The molecular formula is C25H18I2. The average Bonchev–Trinajstić information content (AvgIpc) is 2.99. The third kappa shape index (κ3) is 2.67. The maximum atomic E-state index is 2.48. The molecule has 0 aromatic heterocycles. The molecule has 0 radical (unpaired) electrons. The molecule has 0 aliphatic heterocycles. The largest absolute Gasteiger partial charge is 0.0702 e. The van der Waals surface area contributed by atoms with Crippen LogP contribution in [0.15, 0.2) is 100 Å². The van der Waals surface area contributed by atoms with E-state index >= 15 is 0 Å². The zero-order valence-corrected chi connectivity index (χ0v) is 19.0. The lowest BCUT2D eigenvalue weighted by Gasteiger charge is -2.36. The number of allylic oxidation sites excluding steroid dienone is 4. The van der Waals surface area contributed by atoms with E-state index in [0.29, 0.717) is 5.92 Å². The van der Waals surface area contributed by atoms with Gasteiger partial charge in [0.2, 0.25) is 0 Å². The smallest absolute Gasteiger partial charge is 0.0674 e. The van der Waals surface area contributed by atoms with E-state index in [1.54, 1.807) is 0 Å². The van der Waals surface area contributed by atoms with Crippen LogP contribution in [0, 0.1) is 3.57 Å². The van der Waals surface area contributed by atoms with Gasteiger partial charge >= 0.3 is 0 Å². The SMILES string of the molecule is IC1=CCC2C(=C1)C(c1ccccc1)(c1ccccc1)c1cc(I)ccc12. The quantitative estimate of drug-likeness (QED) is 0.282. The van der Waals surface area contributed by atoms with Crippen LogP contribution < -0.4 is 0 Å². The van der Waals surface area contributed by atoms with Crippen molar-refractivity contribution >= 4 is 45.2 Å². The summed E-state index contributed by atoms with van der Waals surface area (Å²) in [6.45, 7) is 0. The van der Waals surface area contributed by atoms with Crippen LogP contribution in [0.3, 0.4) is 0 Å². The van der Waals surface area contributed by atoms with Crippen LogP contribution in [0.1, 0.15) is 34.6 Å². The number of hydrogen-bond acceptors (Lipinski definition) is 0. The van der Waals surface area contributed by atoms with Crippen LogP contribution in [-0.2, 0) is 5.41 Å². The van der Waals surface area contributed by atoms with Gasteiger partial charge in [0.1, 0.15) is 0 Å². The standard InChI is InChI=1S/C25H18I2/c26-19-11-13-21-22-14-12-20(27)16-24(22)25(23(21)15-19,17-7-3-1-4-8-17)18-9-5-2-6-10-18/h1-13,15-16,22H,14H2. The summed E-state index contributed by atoms with van der Waals surface area (Å²) in [5.74, 6) is 0.455. The van der Waals surface area contributed by atoms with E-state index < -0.39 is 0 Å². The Morgan fingerprint density at radius 2 is 1.41 bits per heavy atom. The fourth-order valence-electron chi connectivity index (χ4n) is 4.83. The van der Waals surface area contributed by atoms with Crippen LogP contribution in [0.25, 0.3) is 0 Å². The fraction of sp³-hybridized carbons (Fsp3) is 0.120. The van der Waals surface area contributed by atoms with Gasteiger partial charge < -0.3 is 0 Å². The molecule has 2 aliphatic carbocycles. The lowest BCUT2D eigenvalue weighted by Crippen LogP contribution is -2.30. The van der Waals surface area contributed by atoms with Gasteiger partial charge in [-0.3, -0.25) is 0 Å². The summed E-state index contributed by atoms with van der Waals surface area (Å²) in [4.78, 5) is 0. The summed E-state index contributed by atoms with van der Waals surface area (Å²) in [7, 11) is 0. The van der Waals surface area contributed by atoms with Crippen molar-refractivity contribution in [1.82, 2.24) is 0 Å². The zero-order chi connectivity index (χ0) is 18.4. The predicted molar refractivity (Wildman–Crippen MR) is 129 cm³/mol. The minimum atomic E-state index is -0.214. The normalized spacial score (nSPS) is 19.7. The van der Waals surface area contributed by atoms with E-state index in [2.05, 4.69) is 136 Å². The van der Waals surface area contributed by atoms with Crippen LogP contribution in [0.4, 0.5) is 0 Å². The molecule has 27 heavy (non-hydrogen) atoms. The number of benzene rings is 3. The highest BCUT2D eigenvalue weighted by Gasteiger charge is 2.50. The van der Waals surface area contributed by atoms with E-state index in [1.165, 1.54) is 35.0 Å². The summed E-state index contributed by atoms with van der Waals surface area (Å²) in [5, 5.41) is 0. The molecule has 0 N–H and O–H groups in total. The first-order valence-electron chi connectivity index (χ1n) is 9.20. The number of halogens is 2. The summed E-state index contributed by atoms with van der Waals surface area (Å²) < 4.78 is 2.64. The fourth-order valence-corrected chi connectivity index (χ4v) is 5.91. The Morgan fingerprint density at radius 1 is 0.778 bits per heavy atom. The second kappa shape index (κ2) is 6.89. The van der Waals surface area contributed by atoms with Gasteiger partial charge in [-0.15, -0.1) is 0 Å². The maximum Gasteiger partial charge on any atom is 0.0674 e. The summed E-state index contributed by atoms with van der Waals surface area (Å²) >= 11 is 4.93. The first-order valence-corrected chi connectivity index (χ1v) is 11.4. The Kier molecular flexibility index (Phi) is 4.51. The van der Waals surface area contributed by atoms with Crippen molar-refractivity contribution in [2.75, 3.05) is 0 Å². The van der Waals surface area contributed by atoms with Gasteiger partial charge in [-0.25, -0.2) is 0 Å². The molecule has 0 saturated heterocycles. The zero-order valence-electron chi connectivity index (χ0n) is 14.7. The average molecular weight is 572 g/mol. The third-order valence-electron chi connectivity index (χ3n) is 5.86. The first-order chi connectivity index (χ1) is 13.2. The van der Waals surface area contributed by atoms with Gasteiger partial charge in [0, 0.05) is 13.1 Å². The van der Waals surface area contributed by atoms with Gasteiger partial charge in [0.05, 0.1) is 5.41 Å². The summed E-state index contributed by atoms with van der Waals surface area (Å²) in [6, 6.07) is 29.1. The van der Waals surface area contributed by atoms with Crippen molar-refractivity contribution in [3.63, 3.8) is 0 Å². The van der Waals surface area contributed by atoms with Gasteiger partial charge in [-0.1, -0.05) is 72.8 Å². The monoisotopic (exact) mass is 572 g/mol. The van der Waals surface area contributed by atoms with Crippen molar-refractivity contribution in [3.05, 3.63) is 126 Å². The lowest BCUT2D eigenvalue weighted by atomic mass is 9.66. The van der Waals surface area contributed by atoms with Crippen LogP contribution in [0.2, 0.25) is 0 Å². The lowest BCUT2D eigenvalue weighted by molar-refractivity contribution is 0.693. The Labute approximate surface area is 187 Å². The second-order valence-corrected chi connectivity index (χ2v) is 9.68. The minimum Gasteiger partial charge on any atom is -0.0702 e. The van der Waals surface area contributed by atoms with Gasteiger partial charge in [0.25, 0.3) is 0 Å². The summed E-state index contributed by atoms with van der Waals surface area (Å²) in [6.07, 6.45) is 5.89. The highest BCUT2D eigenvalue weighted by atomic mass is 127. The molecular weight excluding hydrogens is 554 g/mol. The van der Waals surface area contributed by atoms with Crippen molar-refractivity contribution < 1.29 is 0 Å². The predicted octanol–water partition coefficient (Wildman–Crippen LogP) is 7.37. The van der Waals surface area contributed by atoms with Crippen LogP contribution in [0.5, 0.6) is 0 Å². The Hall–Kier alpha value is -1.40. The molecule has 0 amide bonds. The van der Waals surface area contributed by atoms with E-state index in [4.69, 9.17) is 0 Å². The van der Waals surface area contributed by atoms with Gasteiger partial charge in [0.15, 0.2) is 0 Å². The van der Waals surface area contributed by atoms with Crippen LogP contribution >= 0.6 is 45.2 Å². The van der Waals surface area contributed by atoms with Crippen LogP contribution in [-0.4, -0.2) is 0 Å². The highest BCUT2D eigenvalue weighted by Crippen LogP contribution is 2.60. The van der Waals surface area contributed by atoms with E-state index in [-0.39, 0.29) is 5.41 Å². The van der Waals surface area contributed by atoms with Gasteiger partial charge in [-0.2, -0.15) is 0 Å².